The van der Waals surface area contributed by atoms with Crippen molar-refractivity contribution in [1.82, 2.24) is 5.06 Å². The second kappa shape index (κ2) is 8.56. The monoisotopic (exact) mass is 343 g/mol. The Hall–Kier alpha value is -1.75. The summed E-state index contributed by atoms with van der Waals surface area (Å²) in [4.78, 5) is 0. The van der Waals surface area contributed by atoms with Crippen molar-refractivity contribution in [2.75, 3.05) is 0 Å². The highest BCUT2D eigenvalue weighted by molar-refractivity contribution is 5.21. The normalized spacial score (nSPS) is 18.2. The number of hydroxylamine groups is 2. The molecule has 0 aromatic heterocycles. The molecule has 0 saturated heterocycles. The Kier molecular flexibility index (Phi) is 6.19. The van der Waals surface area contributed by atoms with Crippen LogP contribution in [-0.2, 0) is 6.54 Å². The number of halogens is 1. The van der Waals surface area contributed by atoms with Gasteiger partial charge in [0.15, 0.2) is 0 Å². The zero-order valence-corrected chi connectivity index (χ0v) is 14.4. The molecule has 2 N–H and O–H groups in total. The Morgan fingerprint density at radius 2 is 1.60 bits per heavy atom. The van der Waals surface area contributed by atoms with Crippen molar-refractivity contribution in [3.05, 3.63) is 71.5 Å². The lowest BCUT2D eigenvalue weighted by molar-refractivity contribution is -0.183. The molecule has 0 bridgehead atoms. The molecule has 0 radical (unpaired) electrons. The highest BCUT2D eigenvalue weighted by atomic mass is 19.1. The molecule has 25 heavy (non-hydrogen) atoms. The first-order valence-electron chi connectivity index (χ1n) is 9.08. The van der Waals surface area contributed by atoms with Crippen LogP contribution in [0.4, 0.5) is 4.39 Å². The zero-order chi connectivity index (χ0) is 17.6. The third-order valence-corrected chi connectivity index (χ3v) is 5.20. The Labute approximate surface area is 148 Å². The van der Waals surface area contributed by atoms with E-state index in [1.165, 1.54) is 23.6 Å². The van der Waals surface area contributed by atoms with E-state index in [2.05, 4.69) is 0 Å². The molecule has 4 heteroatoms. The standard InChI is InChI=1S/C21H26FNO2/c22-19-13-11-18(12-14-19)21(24)20(17-9-5-2-6-10-17)23(25)15-16-7-3-1-4-8-16/h1,3-4,7-8,11-14,17,20-21,24-25H,2,5-6,9-10,15H2/t20?,21-/m0/s1. The molecule has 2 atom stereocenters. The average Bonchev–Trinajstić information content (AvgIpc) is 2.64. The van der Waals surface area contributed by atoms with Gasteiger partial charge in [-0.25, -0.2) is 4.39 Å². The molecule has 0 heterocycles. The van der Waals surface area contributed by atoms with Gasteiger partial charge >= 0.3 is 0 Å². The van der Waals surface area contributed by atoms with Gasteiger partial charge < -0.3 is 10.3 Å². The highest BCUT2D eigenvalue weighted by Gasteiger charge is 2.34. The van der Waals surface area contributed by atoms with Gasteiger partial charge in [0.1, 0.15) is 5.82 Å². The molecule has 3 rings (SSSR count). The van der Waals surface area contributed by atoms with E-state index in [0.717, 1.165) is 31.2 Å². The van der Waals surface area contributed by atoms with Gasteiger partial charge in [0, 0.05) is 6.54 Å². The molecule has 0 aliphatic heterocycles. The molecule has 3 nitrogen and oxygen atoms in total. The molecule has 1 fully saturated rings. The van der Waals surface area contributed by atoms with E-state index in [9.17, 15) is 14.7 Å². The molecular weight excluding hydrogens is 317 g/mol. The summed E-state index contributed by atoms with van der Waals surface area (Å²) < 4.78 is 13.2. The average molecular weight is 343 g/mol. The largest absolute Gasteiger partial charge is 0.387 e. The minimum absolute atomic E-state index is 0.225. The summed E-state index contributed by atoms with van der Waals surface area (Å²) in [6.45, 7) is 0.361. The van der Waals surface area contributed by atoms with Crippen LogP contribution in [0.1, 0.15) is 49.3 Å². The van der Waals surface area contributed by atoms with E-state index in [4.69, 9.17) is 0 Å². The number of hydrogen-bond donors (Lipinski definition) is 2. The minimum Gasteiger partial charge on any atom is -0.387 e. The number of nitrogens with zero attached hydrogens (tertiary/aromatic N) is 1. The molecule has 0 amide bonds. The summed E-state index contributed by atoms with van der Waals surface area (Å²) >= 11 is 0. The maximum atomic E-state index is 13.2. The molecule has 1 saturated carbocycles. The lowest BCUT2D eigenvalue weighted by Gasteiger charge is -2.38. The van der Waals surface area contributed by atoms with E-state index >= 15 is 0 Å². The van der Waals surface area contributed by atoms with Crippen LogP contribution in [0.3, 0.4) is 0 Å². The summed E-state index contributed by atoms with van der Waals surface area (Å²) in [7, 11) is 0. The summed E-state index contributed by atoms with van der Waals surface area (Å²) in [5.41, 5.74) is 1.64. The predicted octanol–water partition coefficient (Wildman–Crippen LogP) is 4.70. The van der Waals surface area contributed by atoms with E-state index in [-0.39, 0.29) is 11.7 Å². The first kappa shape index (κ1) is 18.1. The molecule has 1 unspecified atom stereocenters. The van der Waals surface area contributed by atoms with Crippen LogP contribution >= 0.6 is 0 Å². The maximum absolute atomic E-state index is 13.2. The molecule has 134 valence electrons. The van der Waals surface area contributed by atoms with Gasteiger partial charge in [-0.3, -0.25) is 0 Å². The lowest BCUT2D eigenvalue weighted by atomic mass is 9.80. The van der Waals surface area contributed by atoms with Crippen molar-refractivity contribution < 1.29 is 14.7 Å². The second-order valence-corrected chi connectivity index (χ2v) is 6.97. The van der Waals surface area contributed by atoms with Crippen LogP contribution in [0, 0.1) is 11.7 Å². The summed E-state index contributed by atoms with van der Waals surface area (Å²) in [6.07, 6.45) is 4.59. The fourth-order valence-electron chi connectivity index (χ4n) is 3.87. The molecular formula is C21H26FNO2. The molecule has 1 aliphatic rings. The van der Waals surface area contributed by atoms with Gasteiger partial charge in [0.05, 0.1) is 12.1 Å². The van der Waals surface area contributed by atoms with Crippen LogP contribution in [0.2, 0.25) is 0 Å². The van der Waals surface area contributed by atoms with E-state index in [1.807, 2.05) is 30.3 Å². The minimum atomic E-state index is -0.850. The van der Waals surface area contributed by atoms with Crippen molar-refractivity contribution in [2.24, 2.45) is 5.92 Å². The summed E-state index contributed by atoms with van der Waals surface area (Å²) in [5, 5.41) is 23.0. The fraction of sp³-hybridized carbons (Fsp3) is 0.429. The second-order valence-electron chi connectivity index (χ2n) is 6.97. The molecule has 1 aliphatic carbocycles. The molecule has 2 aromatic carbocycles. The van der Waals surface area contributed by atoms with Gasteiger partial charge in [-0.2, -0.15) is 5.06 Å². The van der Waals surface area contributed by atoms with Crippen LogP contribution in [0.15, 0.2) is 54.6 Å². The number of rotatable bonds is 6. The van der Waals surface area contributed by atoms with E-state index in [0.29, 0.717) is 12.1 Å². The SMILES string of the molecule is O[C@@H](c1ccc(F)cc1)C(C1CCCCC1)N(O)Cc1ccccc1. The van der Waals surface area contributed by atoms with Crippen molar-refractivity contribution in [3.63, 3.8) is 0 Å². The number of benzene rings is 2. The van der Waals surface area contributed by atoms with Crippen LogP contribution in [0.25, 0.3) is 0 Å². The maximum Gasteiger partial charge on any atom is 0.123 e. The Balaban J connectivity index is 1.81. The van der Waals surface area contributed by atoms with E-state index in [1.54, 1.807) is 12.1 Å². The molecule has 2 aromatic rings. The van der Waals surface area contributed by atoms with Gasteiger partial charge in [0.2, 0.25) is 0 Å². The Bertz CT molecular complexity index is 641. The Morgan fingerprint density at radius 1 is 0.960 bits per heavy atom. The van der Waals surface area contributed by atoms with Gasteiger partial charge in [-0.15, -0.1) is 0 Å². The number of hydrogen-bond acceptors (Lipinski definition) is 3. The van der Waals surface area contributed by atoms with Crippen molar-refractivity contribution in [3.8, 4) is 0 Å². The fourth-order valence-corrected chi connectivity index (χ4v) is 3.87. The number of aliphatic hydroxyl groups is 1. The summed E-state index contributed by atoms with van der Waals surface area (Å²) in [5.74, 6) is -0.0992. The van der Waals surface area contributed by atoms with Crippen LogP contribution < -0.4 is 0 Å². The first-order valence-corrected chi connectivity index (χ1v) is 9.08. The number of aliphatic hydroxyl groups excluding tert-OH is 1. The van der Waals surface area contributed by atoms with Crippen molar-refractivity contribution >= 4 is 0 Å². The van der Waals surface area contributed by atoms with Crippen molar-refractivity contribution in [2.45, 2.75) is 50.8 Å². The first-order chi connectivity index (χ1) is 12.1. The Morgan fingerprint density at radius 3 is 2.24 bits per heavy atom. The third-order valence-electron chi connectivity index (χ3n) is 5.20. The smallest absolute Gasteiger partial charge is 0.123 e. The highest BCUT2D eigenvalue weighted by Crippen LogP contribution is 2.35. The van der Waals surface area contributed by atoms with Crippen LogP contribution in [-0.4, -0.2) is 21.4 Å². The zero-order valence-electron chi connectivity index (χ0n) is 14.4. The van der Waals surface area contributed by atoms with Gasteiger partial charge in [-0.1, -0.05) is 61.7 Å². The lowest BCUT2D eigenvalue weighted by Crippen LogP contribution is -2.43. The topological polar surface area (TPSA) is 43.7 Å². The third kappa shape index (κ3) is 4.66. The quantitative estimate of drug-likeness (QED) is 0.747. The molecule has 0 spiro atoms. The van der Waals surface area contributed by atoms with Gasteiger partial charge in [0.25, 0.3) is 0 Å². The van der Waals surface area contributed by atoms with Crippen LogP contribution in [0.5, 0.6) is 0 Å². The summed E-state index contributed by atoms with van der Waals surface area (Å²) in [6, 6.07) is 15.3. The van der Waals surface area contributed by atoms with Gasteiger partial charge in [-0.05, 0) is 42.0 Å². The predicted molar refractivity (Wildman–Crippen MR) is 95.5 cm³/mol. The van der Waals surface area contributed by atoms with E-state index < -0.39 is 12.1 Å². The van der Waals surface area contributed by atoms with Crippen molar-refractivity contribution in [1.29, 1.82) is 0 Å².